The van der Waals surface area contributed by atoms with Crippen molar-refractivity contribution in [3.8, 4) is 33.6 Å². The average Bonchev–Trinajstić information content (AvgIpc) is 3.75. The number of hydrogen-bond donors (Lipinski definition) is 1. The van der Waals surface area contributed by atoms with E-state index in [1.165, 1.54) is 16.7 Å². The summed E-state index contributed by atoms with van der Waals surface area (Å²) < 4.78 is 12.9. The summed E-state index contributed by atoms with van der Waals surface area (Å²) in [6, 6.07) is 47.1. The Bertz CT molecular complexity index is 2400. The lowest BCUT2D eigenvalue weighted by Crippen LogP contribution is -2.27. The quantitative estimate of drug-likeness (QED) is 0.232. The zero-order valence-electron chi connectivity index (χ0n) is 23.0. The molecule has 2 aliphatic heterocycles. The van der Waals surface area contributed by atoms with Gasteiger partial charge in [-0.2, -0.15) is 0 Å². The molecule has 0 radical (unpaired) electrons. The molecule has 0 amide bonds. The second-order valence-corrected chi connectivity index (χ2v) is 11.4. The zero-order chi connectivity index (χ0) is 28.1. The van der Waals surface area contributed by atoms with Gasteiger partial charge in [0.1, 0.15) is 22.9 Å². The molecule has 43 heavy (non-hydrogen) atoms. The molecule has 6 aromatic carbocycles. The van der Waals surface area contributed by atoms with Crippen LogP contribution in [0.3, 0.4) is 0 Å². The molecule has 8 aromatic rings. The first-order chi connectivity index (χ1) is 21.3. The molecule has 4 nitrogen and oxygen atoms in total. The van der Waals surface area contributed by atoms with Crippen molar-refractivity contribution >= 4 is 50.0 Å². The monoisotopic (exact) mass is 552 g/mol. The normalized spacial score (nSPS) is 14.9. The van der Waals surface area contributed by atoms with Crippen molar-refractivity contribution in [1.82, 2.24) is 0 Å². The minimum atomic E-state index is 0.0120. The molecule has 202 valence electrons. The fourth-order valence-electron chi connectivity index (χ4n) is 7.02. The van der Waals surface area contributed by atoms with Gasteiger partial charge in [-0.15, -0.1) is 0 Å². The highest BCUT2D eigenvalue weighted by Gasteiger charge is 2.40. The Morgan fingerprint density at radius 1 is 0.512 bits per heavy atom. The number of nitrogens with one attached hydrogen (secondary N) is 1. The van der Waals surface area contributed by atoms with E-state index in [0.29, 0.717) is 0 Å². The van der Waals surface area contributed by atoms with Crippen LogP contribution in [0.2, 0.25) is 0 Å². The Morgan fingerprint density at radius 2 is 1.12 bits per heavy atom. The predicted octanol–water partition coefficient (Wildman–Crippen LogP) is 10.9. The second-order valence-electron chi connectivity index (χ2n) is 11.4. The van der Waals surface area contributed by atoms with Gasteiger partial charge in [0.15, 0.2) is 5.76 Å². The zero-order valence-corrected chi connectivity index (χ0v) is 23.0. The molecule has 10 rings (SSSR count). The van der Waals surface area contributed by atoms with Crippen LogP contribution in [0.4, 0.5) is 17.1 Å². The van der Waals surface area contributed by atoms with Gasteiger partial charge in [0, 0.05) is 27.3 Å². The number of benzene rings is 6. The van der Waals surface area contributed by atoms with Crippen molar-refractivity contribution in [1.29, 1.82) is 0 Å². The van der Waals surface area contributed by atoms with Gasteiger partial charge in [0.2, 0.25) is 0 Å². The maximum absolute atomic E-state index is 6.62. The molecule has 0 saturated heterocycles. The standard InChI is InChI=1S/C39H24N2O2/c1-2-8-23(9-3-1)24-14-17-34-29(20-24)30-21-25(15-18-35(30)42-34)26-16-19-36-31(22-26)37-38(43-36)27-10-4-5-11-28(27)39-40-32-12-6-7-13-33(32)41(37)39/h1-22,39-40H. The lowest BCUT2D eigenvalue weighted by molar-refractivity contribution is 0.622. The third-order valence-corrected chi connectivity index (χ3v) is 9.03. The minimum Gasteiger partial charge on any atom is -0.456 e. The van der Waals surface area contributed by atoms with E-state index in [9.17, 15) is 0 Å². The molecule has 0 saturated carbocycles. The maximum Gasteiger partial charge on any atom is 0.159 e. The van der Waals surface area contributed by atoms with E-state index in [0.717, 1.165) is 72.4 Å². The highest BCUT2D eigenvalue weighted by molar-refractivity contribution is 6.09. The number of furan rings is 2. The van der Waals surface area contributed by atoms with Gasteiger partial charge in [0.25, 0.3) is 0 Å². The van der Waals surface area contributed by atoms with E-state index >= 15 is 0 Å². The van der Waals surface area contributed by atoms with Crippen molar-refractivity contribution in [2.75, 3.05) is 10.2 Å². The first-order valence-corrected chi connectivity index (χ1v) is 14.6. The van der Waals surface area contributed by atoms with E-state index in [-0.39, 0.29) is 6.17 Å². The van der Waals surface area contributed by atoms with Crippen molar-refractivity contribution in [3.63, 3.8) is 0 Å². The van der Waals surface area contributed by atoms with Gasteiger partial charge in [-0.25, -0.2) is 0 Å². The number of fused-ring (bicyclic) bond motifs is 13. The molecule has 2 aliphatic rings. The van der Waals surface area contributed by atoms with Gasteiger partial charge >= 0.3 is 0 Å². The number of rotatable bonds is 2. The number of nitrogens with zero attached hydrogens (tertiary/aromatic N) is 1. The second kappa shape index (κ2) is 8.40. The van der Waals surface area contributed by atoms with Crippen LogP contribution < -0.4 is 10.2 Å². The van der Waals surface area contributed by atoms with Gasteiger partial charge in [-0.05, 0) is 70.8 Å². The van der Waals surface area contributed by atoms with E-state index in [1.54, 1.807) is 0 Å². The SMILES string of the molecule is c1ccc(-c2ccc3oc4ccc(-c5ccc6oc7c(c6c5)N5c6ccccc6NC5c5ccccc5-7)cc4c3c2)cc1. The van der Waals surface area contributed by atoms with Crippen molar-refractivity contribution in [2.45, 2.75) is 6.17 Å². The van der Waals surface area contributed by atoms with E-state index in [4.69, 9.17) is 8.83 Å². The average molecular weight is 553 g/mol. The Labute approximate surface area is 247 Å². The summed E-state index contributed by atoms with van der Waals surface area (Å²) >= 11 is 0. The summed E-state index contributed by atoms with van der Waals surface area (Å²) in [6.45, 7) is 0. The Kier molecular flexibility index (Phi) is 4.47. The third kappa shape index (κ3) is 3.20. The summed E-state index contributed by atoms with van der Waals surface area (Å²) in [4.78, 5) is 2.40. The summed E-state index contributed by atoms with van der Waals surface area (Å²) in [7, 11) is 0. The highest BCUT2D eigenvalue weighted by atomic mass is 16.3. The minimum absolute atomic E-state index is 0.0120. The fraction of sp³-hybridized carbons (Fsp3) is 0.0256. The predicted molar refractivity (Wildman–Crippen MR) is 175 cm³/mol. The van der Waals surface area contributed by atoms with E-state index < -0.39 is 0 Å². The fourth-order valence-corrected chi connectivity index (χ4v) is 7.02. The molecule has 2 aromatic heterocycles. The van der Waals surface area contributed by atoms with Gasteiger partial charge in [-0.1, -0.05) is 84.9 Å². The summed E-state index contributed by atoms with van der Waals surface area (Å²) in [6.07, 6.45) is 0.0120. The number of para-hydroxylation sites is 2. The van der Waals surface area contributed by atoms with Crippen LogP contribution in [0.15, 0.2) is 142 Å². The lowest BCUT2D eigenvalue weighted by Gasteiger charge is -2.32. The van der Waals surface area contributed by atoms with Crippen LogP contribution in [0.25, 0.3) is 66.5 Å². The molecular formula is C39H24N2O2. The molecule has 4 heterocycles. The van der Waals surface area contributed by atoms with Crippen LogP contribution in [0.1, 0.15) is 11.7 Å². The smallest absolute Gasteiger partial charge is 0.159 e. The largest absolute Gasteiger partial charge is 0.456 e. The molecule has 0 spiro atoms. The van der Waals surface area contributed by atoms with Crippen LogP contribution in [-0.4, -0.2) is 0 Å². The van der Waals surface area contributed by atoms with E-state index in [2.05, 4.69) is 138 Å². The third-order valence-electron chi connectivity index (χ3n) is 9.03. The molecule has 1 N–H and O–H groups in total. The highest BCUT2D eigenvalue weighted by Crippen LogP contribution is 2.57. The number of hydrogen-bond acceptors (Lipinski definition) is 4. The van der Waals surface area contributed by atoms with Gasteiger partial charge in [0.05, 0.1) is 17.1 Å². The molecule has 4 heteroatoms. The molecule has 1 unspecified atom stereocenters. The van der Waals surface area contributed by atoms with E-state index in [1.807, 2.05) is 6.07 Å². The molecular weight excluding hydrogens is 528 g/mol. The first kappa shape index (κ1) is 22.9. The van der Waals surface area contributed by atoms with Crippen LogP contribution in [-0.2, 0) is 0 Å². The van der Waals surface area contributed by atoms with Crippen LogP contribution in [0, 0.1) is 0 Å². The summed E-state index contributed by atoms with van der Waals surface area (Å²) in [5.74, 6) is 0.919. The van der Waals surface area contributed by atoms with Crippen molar-refractivity contribution in [3.05, 3.63) is 139 Å². The lowest BCUT2D eigenvalue weighted by atomic mass is 9.95. The van der Waals surface area contributed by atoms with Crippen LogP contribution in [0.5, 0.6) is 0 Å². The molecule has 0 aliphatic carbocycles. The van der Waals surface area contributed by atoms with Gasteiger partial charge in [-0.3, -0.25) is 0 Å². The summed E-state index contributed by atoms with van der Waals surface area (Å²) in [5, 5.41) is 7.11. The Balaban J connectivity index is 1.16. The molecule has 0 fully saturated rings. The molecule has 0 bridgehead atoms. The Morgan fingerprint density at radius 3 is 1.88 bits per heavy atom. The summed E-state index contributed by atoms with van der Waals surface area (Å²) in [5.41, 5.74) is 13.1. The topological polar surface area (TPSA) is 41.6 Å². The first-order valence-electron chi connectivity index (χ1n) is 14.6. The van der Waals surface area contributed by atoms with Crippen molar-refractivity contribution in [2.24, 2.45) is 0 Å². The van der Waals surface area contributed by atoms with Gasteiger partial charge < -0.3 is 19.1 Å². The number of anilines is 3. The Hall–Kier alpha value is -5.74. The maximum atomic E-state index is 6.62. The van der Waals surface area contributed by atoms with Crippen molar-refractivity contribution < 1.29 is 8.83 Å². The van der Waals surface area contributed by atoms with Crippen LogP contribution >= 0.6 is 0 Å². The molecule has 1 atom stereocenters.